The molecule has 0 radical (unpaired) electrons. The fourth-order valence-electron chi connectivity index (χ4n) is 2.98. The average molecular weight is 327 g/mol. The van der Waals surface area contributed by atoms with Crippen LogP contribution in [0.2, 0.25) is 0 Å². The smallest absolute Gasteiger partial charge is 0.261 e. The molecular weight excluding hydrogens is 310 g/mol. The predicted molar refractivity (Wildman–Crippen MR) is 88.5 cm³/mol. The lowest BCUT2D eigenvalue weighted by molar-refractivity contribution is 0.100. The first-order chi connectivity index (χ1) is 11.5. The summed E-state index contributed by atoms with van der Waals surface area (Å²) in [7, 11) is 1.41. The second-order valence-electron chi connectivity index (χ2n) is 5.49. The molecule has 0 spiro atoms. The summed E-state index contributed by atoms with van der Waals surface area (Å²) in [5, 5.41) is 2.70. The van der Waals surface area contributed by atoms with Gasteiger partial charge >= 0.3 is 0 Å². The number of aromatic nitrogens is 1. The Bertz CT molecular complexity index is 886. The molecule has 3 N–H and O–H groups in total. The van der Waals surface area contributed by atoms with Crippen molar-refractivity contribution in [1.29, 1.82) is 0 Å². The first-order valence-electron chi connectivity index (χ1n) is 7.54. The third-order valence-electron chi connectivity index (χ3n) is 4.06. The van der Waals surface area contributed by atoms with Gasteiger partial charge in [0.05, 0.1) is 18.4 Å². The number of benzene rings is 1. The van der Waals surface area contributed by atoms with E-state index in [1.807, 2.05) is 0 Å². The van der Waals surface area contributed by atoms with Crippen LogP contribution in [-0.2, 0) is 13.0 Å². The van der Waals surface area contributed by atoms with Gasteiger partial charge < -0.3 is 20.4 Å². The van der Waals surface area contributed by atoms with Crippen LogP contribution in [0.4, 0.5) is 5.69 Å². The molecule has 1 aromatic heterocycles. The van der Waals surface area contributed by atoms with Gasteiger partial charge in [0, 0.05) is 18.3 Å². The lowest BCUT2D eigenvalue weighted by atomic mass is 10.1. The quantitative estimate of drug-likeness (QED) is 0.879. The molecule has 0 bridgehead atoms. The van der Waals surface area contributed by atoms with Gasteiger partial charge in [-0.3, -0.25) is 14.4 Å². The Morgan fingerprint density at radius 1 is 1.29 bits per heavy atom. The average Bonchev–Trinajstić information content (AvgIpc) is 3.04. The van der Waals surface area contributed by atoms with Gasteiger partial charge in [-0.1, -0.05) is 12.1 Å². The molecule has 124 valence electrons. The van der Waals surface area contributed by atoms with E-state index < -0.39 is 11.8 Å². The molecule has 0 unspecified atom stereocenters. The maximum absolute atomic E-state index is 12.8. The highest BCUT2D eigenvalue weighted by atomic mass is 16.5. The topological polar surface area (TPSA) is 103 Å². The second-order valence-corrected chi connectivity index (χ2v) is 5.49. The van der Waals surface area contributed by atoms with E-state index in [2.05, 4.69) is 5.32 Å². The Balaban J connectivity index is 2.05. The van der Waals surface area contributed by atoms with Gasteiger partial charge in [-0.05, 0) is 25.0 Å². The molecule has 2 amide bonds. The second kappa shape index (κ2) is 6.19. The van der Waals surface area contributed by atoms with Gasteiger partial charge in [0.1, 0.15) is 11.3 Å². The van der Waals surface area contributed by atoms with E-state index in [4.69, 9.17) is 10.5 Å². The van der Waals surface area contributed by atoms with Crippen LogP contribution in [0, 0.1) is 0 Å². The standard InChI is InChI=1S/C17H17N3O4/c1-24-13-9-14(21)20-8-4-7-12(20)15(13)17(23)19-11-6-3-2-5-10(11)16(18)22/h2-3,5-6,9H,4,7-8H2,1H3,(H2,18,22)(H,19,23). The highest BCUT2D eigenvalue weighted by Crippen LogP contribution is 2.27. The maximum Gasteiger partial charge on any atom is 0.261 e. The minimum absolute atomic E-state index is 0.187. The third-order valence-corrected chi connectivity index (χ3v) is 4.06. The van der Waals surface area contributed by atoms with Crippen molar-refractivity contribution in [3.63, 3.8) is 0 Å². The van der Waals surface area contributed by atoms with Gasteiger partial charge in [-0.25, -0.2) is 0 Å². The molecule has 2 heterocycles. The monoisotopic (exact) mass is 327 g/mol. The number of para-hydroxylation sites is 1. The summed E-state index contributed by atoms with van der Waals surface area (Å²) in [5.74, 6) is -0.846. The van der Waals surface area contributed by atoms with Crippen LogP contribution in [0.15, 0.2) is 35.1 Å². The van der Waals surface area contributed by atoms with Crippen molar-refractivity contribution in [2.75, 3.05) is 12.4 Å². The maximum atomic E-state index is 12.8. The van der Waals surface area contributed by atoms with Gasteiger partial charge in [0.2, 0.25) is 0 Å². The van der Waals surface area contributed by atoms with Crippen molar-refractivity contribution in [2.24, 2.45) is 5.73 Å². The third kappa shape index (κ3) is 2.64. The number of methoxy groups -OCH3 is 1. The molecule has 3 rings (SSSR count). The van der Waals surface area contributed by atoms with Crippen molar-refractivity contribution in [1.82, 2.24) is 4.57 Å². The van der Waals surface area contributed by atoms with Crippen molar-refractivity contribution < 1.29 is 14.3 Å². The number of fused-ring (bicyclic) bond motifs is 1. The molecule has 1 aliphatic heterocycles. The van der Waals surface area contributed by atoms with Gasteiger partial charge in [0.25, 0.3) is 17.4 Å². The summed E-state index contributed by atoms with van der Waals surface area (Å²) in [4.78, 5) is 36.3. The Kier molecular flexibility index (Phi) is 4.07. The summed E-state index contributed by atoms with van der Waals surface area (Å²) < 4.78 is 6.80. The summed E-state index contributed by atoms with van der Waals surface area (Å²) in [6, 6.07) is 7.80. The lowest BCUT2D eigenvalue weighted by Gasteiger charge is -2.15. The van der Waals surface area contributed by atoms with Crippen molar-refractivity contribution in [2.45, 2.75) is 19.4 Å². The Hall–Kier alpha value is -3.09. The molecule has 1 aromatic carbocycles. The molecule has 0 saturated carbocycles. The number of carbonyl (C=O) groups is 2. The highest BCUT2D eigenvalue weighted by molar-refractivity contribution is 6.10. The zero-order valence-electron chi connectivity index (χ0n) is 13.2. The number of hydrogen-bond acceptors (Lipinski definition) is 4. The predicted octanol–water partition coefficient (Wildman–Crippen LogP) is 1.15. The molecule has 1 aliphatic rings. The Morgan fingerprint density at radius 3 is 2.75 bits per heavy atom. The summed E-state index contributed by atoms with van der Waals surface area (Å²) in [6.07, 6.45) is 1.41. The fraction of sp³-hybridized carbons (Fsp3) is 0.235. The van der Waals surface area contributed by atoms with Crippen molar-refractivity contribution >= 4 is 17.5 Å². The van der Waals surface area contributed by atoms with E-state index in [9.17, 15) is 14.4 Å². The summed E-state index contributed by atoms with van der Waals surface area (Å²) in [5.41, 5.74) is 6.65. The zero-order chi connectivity index (χ0) is 17.3. The lowest BCUT2D eigenvalue weighted by Crippen LogP contribution is -2.25. The van der Waals surface area contributed by atoms with Crippen LogP contribution >= 0.6 is 0 Å². The van der Waals surface area contributed by atoms with Crippen LogP contribution in [0.25, 0.3) is 0 Å². The molecule has 0 fully saturated rings. The normalized spacial score (nSPS) is 12.5. The van der Waals surface area contributed by atoms with Gasteiger partial charge in [-0.2, -0.15) is 0 Å². The largest absolute Gasteiger partial charge is 0.496 e. The number of amides is 2. The van der Waals surface area contributed by atoms with Crippen LogP contribution < -0.4 is 21.3 Å². The zero-order valence-corrected chi connectivity index (χ0v) is 13.2. The van der Waals surface area contributed by atoms with E-state index in [0.29, 0.717) is 29.9 Å². The summed E-state index contributed by atoms with van der Waals surface area (Å²) >= 11 is 0. The number of nitrogens with two attached hydrogens (primary N) is 1. The number of nitrogens with one attached hydrogen (secondary N) is 1. The number of carbonyl (C=O) groups excluding carboxylic acids is 2. The van der Waals surface area contributed by atoms with E-state index in [0.717, 1.165) is 6.42 Å². The van der Waals surface area contributed by atoms with E-state index in [1.54, 1.807) is 22.8 Å². The molecular formula is C17H17N3O4. The number of anilines is 1. The molecule has 0 atom stereocenters. The van der Waals surface area contributed by atoms with Gasteiger partial charge in [-0.15, -0.1) is 0 Å². The molecule has 7 heteroatoms. The number of ether oxygens (including phenoxy) is 1. The molecule has 7 nitrogen and oxygen atoms in total. The van der Waals surface area contributed by atoms with Crippen molar-refractivity contribution in [3.8, 4) is 5.75 Å². The van der Waals surface area contributed by atoms with Crippen LogP contribution in [0.3, 0.4) is 0 Å². The SMILES string of the molecule is COc1cc(=O)n2c(c1C(=O)Nc1ccccc1C(N)=O)CCC2. The number of hydrogen-bond donors (Lipinski definition) is 2. The van der Waals surface area contributed by atoms with E-state index in [-0.39, 0.29) is 16.9 Å². The molecule has 0 saturated heterocycles. The first-order valence-corrected chi connectivity index (χ1v) is 7.54. The van der Waals surface area contributed by atoms with Crippen LogP contribution in [-0.4, -0.2) is 23.5 Å². The number of primary amides is 1. The fourth-order valence-corrected chi connectivity index (χ4v) is 2.98. The van der Waals surface area contributed by atoms with Gasteiger partial charge in [0.15, 0.2) is 0 Å². The van der Waals surface area contributed by atoms with Crippen LogP contribution in [0.1, 0.15) is 32.8 Å². The van der Waals surface area contributed by atoms with Crippen molar-refractivity contribution in [3.05, 3.63) is 57.5 Å². The number of pyridine rings is 1. The Morgan fingerprint density at radius 2 is 2.04 bits per heavy atom. The minimum Gasteiger partial charge on any atom is -0.496 e. The first kappa shape index (κ1) is 15.8. The van der Waals surface area contributed by atoms with E-state index in [1.165, 1.54) is 19.2 Å². The number of rotatable bonds is 4. The molecule has 24 heavy (non-hydrogen) atoms. The Labute approximate surface area is 138 Å². The van der Waals surface area contributed by atoms with E-state index >= 15 is 0 Å². The molecule has 2 aromatic rings. The summed E-state index contributed by atoms with van der Waals surface area (Å²) in [6.45, 7) is 0.580. The minimum atomic E-state index is -0.632. The molecule has 0 aliphatic carbocycles. The number of nitrogens with zero attached hydrogens (tertiary/aromatic N) is 1. The highest BCUT2D eigenvalue weighted by Gasteiger charge is 2.25. The van der Waals surface area contributed by atoms with Crippen LogP contribution in [0.5, 0.6) is 5.75 Å².